The maximum absolute atomic E-state index is 10.8. The van der Waals surface area contributed by atoms with Crippen LogP contribution in [-0.4, -0.2) is 14.8 Å². The van der Waals surface area contributed by atoms with Crippen LogP contribution in [0.25, 0.3) is 10.8 Å². The molecule has 1 heterocycles. The zero-order chi connectivity index (χ0) is 11.7. The molecule has 7 heteroatoms. The summed E-state index contributed by atoms with van der Waals surface area (Å²) in [5.41, 5.74) is -0.642. The molecule has 0 saturated carbocycles. The van der Waals surface area contributed by atoms with Crippen LogP contribution in [0.4, 0.5) is 11.4 Å². The third-order valence-corrected chi connectivity index (χ3v) is 2.13. The van der Waals surface area contributed by atoms with Gasteiger partial charge in [-0.1, -0.05) is 12.1 Å². The molecule has 0 aliphatic rings. The Labute approximate surface area is 88.6 Å². The van der Waals surface area contributed by atoms with E-state index in [2.05, 4.69) is 4.98 Å². The van der Waals surface area contributed by atoms with Gasteiger partial charge in [0.1, 0.15) is 11.6 Å². The summed E-state index contributed by atoms with van der Waals surface area (Å²) in [6, 6.07) is 4.24. The highest BCUT2D eigenvalue weighted by atomic mass is 16.6. The average Bonchev–Trinajstić information content (AvgIpc) is 2.27. The summed E-state index contributed by atoms with van der Waals surface area (Å²) in [5, 5.41) is 21.9. The van der Waals surface area contributed by atoms with Crippen LogP contribution in [0.5, 0.6) is 0 Å². The Morgan fingerprint density at radius 1 is 1.00 bits per heavy atom. The van der Waals surface area contributed by atoms with Gasteiger partial charge >= 0.3 is 5.69 Å². The Bertz CT molecular complexity index is 548. The van der Waals surface area contributed by atoms with Gasteiger partial charge in [-0.25, -0.2) is 0 Å². The van der Waals surface area contributed by atoms with Crippen molar-refractivity contribution in [3.05, 3.63) is 50.8 Å². The highest BCUT2D eigenvalue weighted by molar-refractivity contribution is 5.97. The molecule has 1 aromatic heterocycles. The third kappa shape index (κ3) is 1.44. The maximum Gasteiger partial charge on any atom is 0.302 e. The Hall–Kier alpha value is -2.57. The zero-order valence-corrected chi connectivity index (χ0v) is 7.86. The van der Waals surface area contributed by atoms with Crippen molar-refractivity contribution < 1.29 is 9.85 Å². The van der Waals surface area contributed by atoms with Gasteiger partial charge in [0, 0.05) is 17.6 Å². The van der Waals surface area contributed by atoms with E-state index >= 15 is 0 Å². The number of non-ortho nitro benzene ring substituents is 1. The van der Waals surface area contributed by atoms with Crippen molar-refractivity contribution in [2.24, 2.45) is 0 Å². The highest BCUT2D eigenvalue weighted by Gasteiger charge is 2.21. The van der Waals surface area contributed by atoms with Crippen LogP contribution in [0, 0.1) is 20.2 Å². The first-order chi connectivity index (χ1) is 7.61. The fourth-order valence-electron chi connectivity index (χ4n) is 1.49. The fourth-order valence-corrected chi connectivity index (χ4v) is 1.49. The molecule has 80 valence electrons. The zero-order valence-electron chi connectivity index (χ0n) is 7.86. The quantitative estimate of drug-likeness (QED) is 0.568. The number of rotatable bonds is 2. The van der Waals surface area contributed by atoms with Gasteiger partial charge in [-0.2, -0.15) is 0 Å². The van der Waals surface area contributed by atoms with E-state index in [1.807, 2.05) is 0 Å². The number of hydrogen-bond donors (Lipinski definition) is 0. The van der Waals surface area contributed by atoms with Gasteiger partial charge in [0.2, 0.25) is 0 Å². The summed E-state index contributed by atoms with van der Waals surface area (Å²) in [7, 11) is 0. The standard InChI is InChI=1S/C9H5N3O4/c13-11(14)7-3-1-2-6-4-10-5-8(9(6)7)12(15)16/h1-5H. The number of aromatic nitrogens is 1. The van der Waals surface area contributed by atoms with E-state index < -0.39 is 9.85 Å². The number of pyridine rings is 1. The van der Waals surface area contributed by atoms with Gasteiger partial charge in [-0.15, -0.1) is 0 Å². The molecule has 0 aliphatic carbocycles. The topological polar surface area (TPSA) is 99.2 Å². The minimum atomic E-state index is -0.678. The van der Waals surface area contributed by atoms with Crippen molar-refractivity contribution in [3.63, 3.8) is 0 Å². The predicted octanol–water partition coefficient (Wildman–Crippen LogP) is 2.05. The molecule has 0 spiro atoms. The van der Waals surface area contributed by atoms with E-state index in [1.165, 1.54) is 18.3 Å². The van der Waals surface area contributed by atoms with Gasteiger partial charge in [-0.05, 0) is 0 Å². The van der Waals surface area contributed by atoms with Crippen LogP contribution in [0.3, 0.4) is 0 Å². The maximum atomic E-state index is 10.8. The van der Waals surface area contributed by atoms with E-state index in [9.17, 15) is 20.2 Å². The molecule has 16 heavy (non-hydrogen) atoms. The first kappa shape index (κ1) is 9.97. The summed E-state index contributed by atoms with van der Waals surface area (Å²) >= 11 is 0. The molecule has 0 saturated heterocycles. The van der Waals surface area contributed by atoms with Crippen molar-refractivity contribution in [3.8, 4) is 0 Å². The summed E-state index contributed by atoms with van der Waals surface area (Å²) < 4.78 is 0. The van der Waals surface area contributed by atoms with Crippen LogP contribution >= 0.6 is 0 Å². The van der Waals surface area contributed by atoms with Crippen molar-refractivity contribution in [2.75, 3.05) is 0 Å². The van der Waals surface area contributed by atoms with E-state index in [0.29, 0.717) is 5.39 Å². The van der Waals surface area contributed by atoms with Crippen molar-refractivity contribution in [1.82, 2.24) is 4.98 Å². The van der Waals surface area contributed by atoms with E-state index in [4.69, 9.17) is 0 Å². The van der Waals surface area contributed by atoms with E-state index in [1.54, 1.807) is 6.07 Å². The average molecular weight is 219 g/mol. The molecular weight excluding hydrogens is 214 g/mol. The molecule has 0 N–H and O–H groups in total. The Morgan fingerprint density at radius 2 is 1.69 bits per heavy atom. The van der Waals surface area contributed by atoms with Crippen LogP contribution in [-0.2, 0) is 0 Å². The second kappa shape index (κ2) is 3.54. The lowest BCUT2D eigenvalue weighted by molar-refractivity contribution is -0.390. The number of nitro groups is 2. The first-order valence-corrected chi connectivity index (χ1v) is 4.27. The molecule has 1 aromatic carbocycles. The molecule has 0 unspecified atom stereocenters. The van der Waals surface area contributed by atoms with Crippen molar-refractivity contribution >= 4 is 22.1 Å². The van der Waals surface area contributed by atoms with Crippen molar-refractivity contribution in [2.45, 2.75) is 0 Å². The van der Waals surface area contributed by atoms with Gasteiger partial charge in [-0.3, -0.25) is 25.2 Å². The van der Waals surface area contributed by atoms with Crippen molar-refractivity contribution in [1.29, 1.82) is 0 Å². The Balaban J connectivity index is 2.92. The number of nitrogens with zero attached hydrogens (tertiary/aromatic N) is 3. The molecule has 0 aliphatic heterocycles. The number of fused-ring (bicyclic) bond motifs is 1. The summed E-state index contributed by atoms with van der Waals surface area (Å²) in [6.07, 6.45) is 2.37. The normalized spacial score (nSPS) is 10.2. The smallest absolute Gasteiger partial charge is 0.258 e. The van der Waals surface area contributed by atoms with Gasteiger partial charge in [0.15, 0.2) is 0 Å². The lowest BCUT2D eigenvalue weighted by atomic mass is 10.1. The highest BCUT2D eigenvalue weighted by Crippen LogP contribution is 2.32. The SMILES string of the molecule is O=[N+]([O-])c1cccc2cncc([N+](=O)[O-])c12. The van der Waals surface area contributed by atoms with Gasteiger partial charge in [0.05, 0.1) is 9.85 Å². The Morgan fingerprint density at radius 3 is 2.31 bits per heavy atom. The van der Waals surface area contributed by atoms with E-state index in [0.717, 1.165) is 6.20 Å². The molecule has 0 fully saturated rings. The largest absolute Gasteiger partial charge is 0.302 e. The summed E-state index contributed by atoms with van der Waals surface area (Å²) in [6.45, 7) is 0. The molecule has 2 aromatic rings. The molecule has 2 rings (SSSR count). The van der Waals surface area contributed by atoms with Gasteiger partial charge in [0.25, 0.3) is 5.69 Å². The summed E-state index contributed by atoms with van der Waals surface area (Å²) in [5.74, 6) is 0. The van der Waals surface area contributed by atoms with Gasteiger partial charge < -0.3 is 0 Å². The lowest BCUT2D eigenvalue weighted by Gasteiger charge is -1.99. The molecule has 7 nitrogen and oxygen atoms in total. The monoisotopic (exact) mass is 219 g/mol. The van der Waals surface area contributed by atoms with E-state index in [-0.39, 0.29) is 16.8 Å². The minimum absolute atomic E-state index is 0.00694. The van der Waals surface area contributed by atoms with Crippen LogP contribution in [0.1, 0.15) is 0 Å². The number of benzene rings is 1. The molecule has 0 atom stereocenters. The number of nitro benzene ring substituents is 1. The van der Waals surface area contributed by atoms with Crippen LogP contribution in [0.2, 0.25) is 0 Å². The van der Waals surface area contributed by atoms with Crippen LogP contribution < -0.4 is 0 Å². The minimum Gasteiger partial charge on any atom is -0.258 e. The second-order valence-corrected chi connectivity index (χ2v) is 3.05. The summed E-state index contributed by atoms with van der Waals surface area (Å²) in [4.78, 5) is 23.8. The van der Waals surface area contributed by atoms with Crippen LogP contribution in [0.15, 0.2) is 30.6 Å². The molecule has 0 amide bonds. The lowest BCUT2D eigenvalue weighted by Crippen LogP contribution is -1.95. The fraction of sp³-hybridized carbons (Fsp3) is 0. The third-order valence-electron chi connectivity index (χ3n) is 2.13. The Kier molecular flexibility index (Phi) is 2.20. The number of hydrogen-bond acceptors (Lipinski definition) is 5. The molecule has 0 bridgehead atoms. The molecule has 0 radical (unpaired) electrons. The predicted molar refractivity (Wildman–Crippen MR) is 55.1 cm³/mol. The first-order valence-electron chi connectivity index (χ1n) is 4.27. The molecular formula is C9H5N3O4. The second-order valence-electron chi connectivity index (χ2n) is 3.05.